The van der Waals surface area contributed by atoms with Crippen LogP contribution in [0.5, 0.6) is 0 Å². The van der Waals surface area contributed by atoms with Gasteiger partial charge in [0, 0.05) is 6.04 Å². The van der Waals surface area contributed by atoms with Gasteiger partial charge in [-0.25, -0.2) is 9.78 Å². The van der Waals surface area contributed by atoms with Crippen LogP contribution in [0.4, 0.5) is 4.79 Å². The van der Waals surface area contributed by atoms with Crippen LogP contribution in [0.25, 0.3) is 11.0 Å². The first-order chi connectivity index (χ1) is 10.6. The van der Waals surface area contributed by atoms with E-state index < -0.39 is 0 Å². The van der Waals surface area contributed by atoms with E-state index in [9.17, 15) is 4.79 Å². The summed E-state index contributed by atoms with van der Waals surface area (Å²) in [5, 5.41) is 5.92. The Labute approximate surface area is 131 Å². The lowest BCUT2D eigenvalue weighted by atomic mass is 10.1. The van der Waals surface area contributed by atoms with Crippen LogP contribution < -0.4 is 10.6 Å². The van der Waals surface area contributed by atoms with Gasteiger partial charge in [-0.3, -0.25) is 0 Å². The zero-order chi connectivity index (χ0) is 15.9. The minimum Gasteiger partial charge on any atom is -0.340 e. The molecule has 1 aromatic heterocycles. The highest BCUT2D eigenvalue weighted by atomic mass is 16.2. The lowest BCUT2D eigenvalue weighted by Gasteiger charge is -2.17. The molecule has 1 heterocycles. The van der Waals surface area contributed by atoms with Crippen molar-refractivity contribution < 1.29 is 4.79 Å². The van der Waals surface area contributed by atoms with Gasteiger partial charge in [0.2, 0.25) is 0 Å². The summed E-state index contributed by atoms with van der Waals surface area (Å²) in [5.74, 6) is 0.773. The number of unbranched alkanes of at least 4 members (excludes halogenated alkanes) is 2. The first kappa shape index (κ1) is 16.3. The second-order valence-corrected chi connectivity index (χ2v) is 5.88. The Morgan fingerprint density at radius 1 is 1.23 bits per heavy atom. The lowest BCUT2D eigenvalue weighted by Crippen LogP contribution is -2.41. The smallest absolute Gasteiger partial charge is 0.315 e. The van der Waals surface area contributed by atoms with E-state index in [0.717, 1.165) is 29.7 Å². The minimum absolute atomic E-state index is 0.142. The number of para-hydroxylation sites is 2. The minimum atomic E-state index is -0.157. The molecule has 2 atom stereocenters. The fourth-order valence-corrected chi connectivity index (χ4v) is 2.48. The molecule has 3 N–H and O–H groups in total. The van der Waals surface area contributed by atoms with Crippen LogP contribution in [0.1, 0.15) is 58.3 Å². The largest absolute Gasteiger partial charge is 0.340 e. The number of urea groups is 1. The average Bonchev–Trinajstić information content (AvgIpc) is 2.91. The van der Waals surface area contributed by atoms with Crippen molar-refractivity contribution in [2.75, 3.05) is 0 Å². The molecular formula is C17H26N4O. The predicted octanol–water partition coefficient (Wildman–Crippen LogP) is 3.89. The van der Waals surface area contributed by atoms with Crippen molar-refractivity contribution in [1.29, 1.82) is 0 Å². The molecule has 2 rings (SSSR count). The van der Waals surface area contributed by atoms with Crippen molar-refractivity contribution in [2.45, 2.75) is 58.5 Å². The molecule has 0 fully saturated rings. The number of fused-ring (bicyclic) bond motifs is 1. The Balaban J connectivity index is 1.85. The molecule has 0 saturated heterocycles. The van der Waals surface area contributed by atoms with Crippen LogP contribution in [0.2, 0.25) is 0 Å². The van der Waals surface area contributed by atoms with Crippen molar-refractivity contribution in [3.63, 3.8) is 0 Å². The third kappa shape index (κ3) is 4.48. The van der Waals surface area contributed by atoms with Gasteiger partial charge in [-0.15, -0.1) is 0 Å². The maximum Gasteiger partial charge on any atom is 0.315 e. The molecule has 2 aromatic rings. The third-order valence-corrected chi connectivity index (χ3v) is 3.78. The van der Waals surface area contributed by atoms with Gasteiger partial charge in [0.1, 0.15) is 5.82 Å². The second kappa shape index (κ2) is 7.82. The Kier molecular flexibility index (Phi) is 5.81. The van der Waals surface area contributed by atoms with Gasteiger partial charge >= 0.3 is 6.03 Å². The predicted molar refractivity (Wildman–Crippen MR) is 89.8 cm³/mol. The number of hydrogen-bond acceptors (Lipinski definition) is 2. The number of aromatic amines is 1. The number of benzene rings is 1. The van der Waals surface area contributed by atoms with Crippen molar-refractivity contribution in [2.24, 2.45) is 0 Å². The highest BCUT2D eigenvalue weighted by Gasteiger charge is 2.14. The van der Waals surface area contributed by atoms with Crippen molar-refractivity contribution in [3.8, 4) is 0 Å². The number of carbonyl (C=O) groups is 1. The Bertz CT molecular complexity index is 574. The average molecular weight is 302 g/mol. The maximum absolute atomic E-state index is 12.0. The molecule has 2 amide bonds. The highest BCUT2D eigenvalue weighted by molar-refractivity contribution is 5.76. The van der Waals surface area contributed by atoms with E-state index in [1.807, 2.05) is 38.1 Å². The fourth-order valence-electron chi connectivity index (χ4n) is 2.48. The lowest BCUT2D eigenvalue weighted by molar-refractivity contribution is 0.233. The number of rotatable bonds is 7. The van der Waals surface area contributed by atoms with Crippen LogP contribution in [-0.4, -0.2) is 22.0 Å². The van der Waals surface area contributed by atoms with E-state index >= 15 is 0 Å². The van der Waals surface area contributed by atoms with Crippen LogP contribution in [0.15, 0.2) is 24.3 Å². The molecule has 0 aliphatic heterocycles. The SMILES string of the molecule is CCCCCC(C)NC(=O)NC(C)c1nc2ccccc2[nH]1. The quantitative estimate of drug-likeness (QED) is 0.679. The van der Waals surface area contributed by atoms with E-state index in [-0.39, 0.29) is 18.1 Å². The highest BCUT2D eigenvalue weighted by Crippen LogP contribution is 2.15. The molecule has 22 heavy (non-hydrogen) atoms. The summed E-state index contributed by atoms with van der Waals surface area (Å²) in [4.78, 5) is 19.8. The number of H-pyrrole nitrogens is 1. The standard InChI is InChI=1S/C17H26N4O/c1-4-5-6-9-12(2)18-17(22)19-13(3)16-20-14-10-7-8-11-15(14)21-16/h7-8,10-13H,4-6,9H2,1-3H3,(H,20,21)(H2,18,19,22). The van der Waals surface area contributed by atoms with Crippen molar-refractivity contribution in [3.05, 3.63) is 30.1 Å². The zero-order valence-corrected chi connectivity index (χ0v) is 13.6. The number of imidazole rings is 1. The molecule has 0 spiro atoms. The van der Waals surface area contributed by atoms with E-state index in [0.29, 0.717) is 0 Å². The van der Waals surface area contributed by atoms with E-state index in [2.05, 4.69) is 27.5 Å². The molecule has 5 nitrogen and oxygen atoms in total. The van der Waals surface area contributed by atoms with Gasteiger partial charge in [0.05, 0.1) is 17.1 Å². The number of amides is 2. The topological polar surface area (TPSA) is 69.8 Å². The fraction of sp³-hybridized carbons (Fsp3) is 0.529. The summed E-state index contributed by atoms with van der Waals surface area (Å²) >= 11 is 0. The Hall–Kier alpha value is -2.04. The molecule has 0 aliphatic rings. The molecule has 0 saturated carbocycles. The summed E-state index contributed by atoms with van der Waals surface area (Å²) in [7, 11) is 0. The van der Waals surface area contributed by atoms with Crippen LogP contribution >= 0.6 is 0 Å². The van der Waals surface area contributed by atoms with Crippen molar-refractivity contribution >= 4 is 17.1 Å². The summed E-state index contributed by atoms with van der Waals surface area (Å²) in [5.41, 5.74) is 1.90. The molecule has 0 bridgehead atoms. The van der Waals surface area contributed by atoms with Gasteiger partial charge in [-0.05, 0) is 32.4 Å². The third-order valence-electron chi connectivity index (χ3n) is 3.78. The molecule has 5 heteroatoms. The maximum atomic E-state index is 12.0. The first-order valence-electron chi connectivity index (χ1n) is 8.11. The van der Waals surface area contributed by atoms with Gasteiger partial charge in [0.25, 0.3) is 0 Å². The number of carbonyl (C=O) groups excluding carboxylic acids is 1. The Morgan fingerprint density at radius 3 is 2.73 bits per heavy atom. The molecule has 2 unspecified atom stereocenters. The molecule has 1 aromatic carbocycles. The number of aromatic nitrogens is 2. The van der Waals surface area contributed by atoms with Crippen LogP contribution in [0.3, 0.4) is 0 Å². The van der Waals surface area contributed by atoms with E-state index in [1.54, 1.807) is 0 Å². The first-order valence-corrected chi connectivity index (χ1v) is 8.11. The van der Waals surface area contributed by atoms with Crippen LogP contribution in [-0.2, 0) is 0 Å². The zero-order valence-electron chi connectivity index (χ0n) is 13.6. The van der Waals surface area contributed by atoms with Gasteiger partial charge in [-0.2, -0.15) is 0 Å². The normalized spacial score (nSPS) is 13.8. The van der Waals surface area contributed by atoms with E-state index in [4.69, 9.17) is 0 Å². The van der Waals surface area contributed by atoms with Gasteiger partial charge in [-0.1, -0.05) is 38.3 Å². The molecule has 120 valence electrons. The van der Waals surface area contributed by atoms with Crippen LogP contribution in [0, 0.1) is 0 Å². The molecular weight excluding hydrogens is 276 g/mol. The second-order valence-electron chi connectivity index (χ2n) is 5.88. The summed E-state index contributed by atoms with van der Waals surface area (Å²) in [6.07, 6.45) is 4.57. The molecule has 0 radical (unpaired) electrons. The number of hydrogen-bond donors (Lipinski definition) is 3. The number of nitrogens with zero attached hydrogens (tertiary/aromatic N) is 1. The van der Waals surface area contributed by atoms with Crippen molar-refractivity contribution in [1.82, 2.24) is 20.6 Å². The monoisotopic (exact) mass is 302 g/mol. The summed E-state index contributed by atoms with van der Waals surface area (Å²) < 4.78 is 0. The summed E-state index contributed by atoms with van der Waals surface area (Å²) in [6.45, 7) is 6.15. The van der Waals surface area contributed by atoms with Gasteiger partial charge < -0.3 is 15.6 Å². The van der Waals surface area contributed by atoms with Gasteiger partial charge in [0.15, 0.2) is 0 Å². The Morgan fingerprint density at radius 2 is 2.00 bits per heavy atom. The molecule has 0 aliphatic carbocycles. The number of nitrogens with one attached hydrogen (secondary N) is 3. The van der Waals surface area contributed by atoms with E-state index in [1.165, 1.54) is 12.8 Å². The summed E-state index contributed by atoms with van der Waals surface area (Å²) in [6, 6.07) is 7.75.